The molecular weight excluding hydrogens is 386 g/mol. The quantitative estimate of drug-likeness (QED) is 0.736. The molecule has 6 heteroatoms. The van der Waals surface area contributed by atoms with Gasteiger partial charge in [0.25, 0.3) is 11.8 Å². The molecule has 0 radical (unpaired) electrons. The van der Waals surface area contributed by atoms with Crippen LogP contribution < -0.4 is 10.2 Å². The lowest BCUT2D eigenvalue weighted by Crippen LogP contribution is -2.32. The number of amides is 2. The standard InChI is InChI=1S/C23H24ClN3O2/c1-2-27-22(28)20(16-6-8-17(24)9-7-16)21(23(27)29)25-18-10-12-19(13-11-18)26-14-4-3-5-15-26/h6-13,25H,2-5,14-15H2,1H3. The minimum Gasteiger partial charge on any atom is -0.372 e. The molecule has 0 unspecified atom stereocenters. The summed E-state index contributed by atoms with van der Waals surface area (Å²) >= 11 is 5.99. The fourth-order valence-corrected chi connectivity index (χ4v) is 4.04. The Morgan fingerprint density at radius 2 is 1.55 bits per heavy atom. The number of imide groups is 1. The number of halogens is 1. The minimum atomic E-state index is -0.303. The fraction of sp³-hybridized carbons (Fsp3) is 0.304. The highest BCUT2D eigenvalue weighted by molar-refractivity contribution is 6.36. The van der Waals surface area contributed by atoms with E-state index in [1.807, 2.05) is 12.1 Å². The van der Waals surface area contributed by atoms with Crippen molar-refractivity contribution >= 4 is 40.4 Å². The van der Waals surface area contributed by atoms with Crippen molar-refractivity contribution in [2.45, 2.75) is 26.2 Å². The Morgan fingerprint density at radius 3 is 2.17 bits per heavy atom. The van der Waals surface area contributed by atoms with E-state index >= 15 is 0 Å². The number of anilines is 2. The largest absolute Gasteiger partial charge is 0.372 e. The molecule has 4 rings (SSSR count). The third kappa shape index (κ3) is 3.87. The van der Waals surface area contributed by atoms with Crippen molar-refractivity contribution in [1.82, 2.24) is 4.90 Å². The SMILES string of the molecule is CCN1C(=O)C(Nc2ccc(N3CCCCC3)cc2)=C(c2ccc(Cl)cc2)C1=O. The van der Waals surface area contributed by atoms with Crippen molar-refractivity contribution in [1.29, 1.82) is 0 Å². The number of carbonyl (C=O) groups excluding carboxylic acids is 2. The first-order valence-corrected chi connectivity index (χ1v) is 10.4. The summed E-state index contributed by atoms with van der Waals surface area (Å²) in [6.45, 7) is 4.29. The topological polar surface area (TPSA) is 52.7 Å². The van der Waals surface area contributed by atoms with E-state index in [1.54, 1.807) is 31.2 Å². The van der Waals surface area contributed by atoms with E-state index in [0.29, 0.717) is 28.4 Å². The zero-order valence-electron chi connectivity index (χ0n) is 16.5. The van der Waals surface area contributed by atoms with Gasteiger partial charge in [0.1, 0.15) is 5.70 Å². The van der Waals surface area contributed by atoms with Gasteiger partial charge in [-0.15, -0.1) is 0 Å². The number of hydrogen-bond donors (Lipinski definition) is 1. The van der Waals surface area contributed by atoms with Gasteiger partial charge in [0.2, 0.25) is 0 Å². The van der Waals surface area contributed by atoms with Crippen molar-refractivity contribution in [2.24, 2.45) is 0 Å². The number of hydrogen-bond acceptors (Lipinski definition) is 4. The van der Waals surface area contributed by atoms with Crippen LogP contribution in [0.1, 0.15) is 31.7 Å². The van der Waals surface area contributed by atoms with Crippen molar-refractivity contribution in [3.05, 3.63) is 64.8 Å². The molecule has 0 aromatic heterocycles. The molecule has 2 heterocycles. The molecule has 150 valence electrons. The van der Waals surface area contributed by atoms with Gasteiger partial charge in [-0.1, -0.05) is 23.7 Å². The lowest BCUT2D eigenvalue weighted by Gasteiger charge is -2.28. The number of rotatable bonds is 5. The van der Waals surface area contributed by atoms with Crippen molar-refractivity contribution in [3.8, 4) is 0 Å². The average Bonchev–Trinajstić information content (AvgIpc) is 2.99. The third-order valence-corrected chi connectivity index (χ3v) is 5.73. The maximum atomic E-state index is 12.9. The van der Waals surface area contributed by atoms with E-state index in [1.165, 1.54) is 29.8 Å². The Kier molecular flexibility index (Phi) is 5.58. The van der Waals surface area contributed by atoms with Crippen molar-refractivity contribution in [3.63, 3.8) is 0 Å². The van der Waals surface area contributed by atoms with Crippen LogP contribution in [0, 0.1) is 0 Å². The summed E-state index contributed by atoms with van der Waals surface area (Å²) < 4.78 is 0. The second-order valence-electron chi connectivity index (χ2n) is 7.33. The van der Waals surface area contributed by atoms with Gasteiger partial charge < -0.3 is 10.2 Å². The smallest absolute Gasteiger partial charge is 0.278 e. The summed E-state index contributed by atoms with van der Waals surface area (Å²) in [6, 6.07) is 15.0. The van der Waals surface area contributed by atoms with E-state index < -0.39 is 0 Å². The highest BCUT2D eigenvalue weighted by Gasteiger charge is 2.38. The Morgan fingerprint density at radius 1 is 0.897 bits per heavy atom. The molecule has 2 aromatic carbocycles. The summed E-state index contributed by atoms with van der Waals surface area (Å²) in [6.07, 6.45) is 3.74. The van der Waals surface area contributed by atoms with Crippen LogP contribution in [-0.2, 0) is 9.59 Å². The molecule has 0 aliphatic carbocycles. The molecule has 0 bridgehead atoms. The van der Waals surface area contributed by atoms with Crippen LogP contribution in [-0.4, -0.2) is 36.3 Å². The predicted molar refractivity (Wildman–Crippen MR) is 117 cm³/mol. The summed E-state index contributed by atoms with van der Waals surface area (Å²) in [5.74, 6) is -0.588. The fourth-order valence-electron chi connectivity index (χ4n) is 3.92. The van der Waals surface area contributed by atoms with Gasteiger partial charge >= 0.3 is 0 Å². The summed E-state index contributed by atoms with van der Waals surface area (Å²) in [4.78, 5) is 29.4. The highest BCUT2D eigenvalue weighted by atomic mass is 35.5. The molecule has 29 heavy (non-hydrogen) atoms. The third-order valence-electron chi connectivity index (χ3n) is 5.48. The maximum absolute atomic E-state index is 12.9. The Balaban J connectivity index is 1.64. The number of nitrogens with zero attached hydrogens (tertiary/aromatic N) is 2. The maximum Gasteiger partial charge on any atom is 0.278 e. The molecule has 1 fully saturated rings. The second kappa shape index (κ2) is 8.29. The lowest BCUT2D eigenvalue weighted by atomic mass is 10.0. The first-order valence-electron chi connectivity index (χ1n) is 10.1. The Labute approximate surface area is 175 Å². The average molecular weight is 410 g/mol. The molecule has 0 atom stereocenters. The normalized spacial score (nSPS) is 17.3. The van der Waals surface area contributed by atoms with Crippen LogP contribution in [0.2, 0.25) is 5.02 Å². The predicted octanol–water partition coefficient (Wildman–Crippen LogP) is 4.54. The van der Waals surface area contributed by atoms with E-state index in [-0.39, 0.29) is 11.8 Å². The van der Waals surface area contributed by atoms with Gasteiger partial charge in [0.15, 0.2) is 0 Å². The molecule has 0 spiro atoms. The molecule has 2 aromatic rings. The summed E-state index contributed by atoms with van der Waals surface area (Å²) in [5.41, 5.74) is 3.34. The number of carbonyl (C=O) groups is 2. The molecular formula is C23H24ClN3O2. The number of nitrogens with one attached hydrogen (secondary N) is 1. The van der Waals surface area contributed by atoms with Crippen LogP contribution in [0.3, 0.4) is 0 Å². The Hall–Kier alpha value is -2.79. The number of likely N-dealkylation sites (N-methyl/N-ethyl adjacent to an activating group) is 1. The van der Waals surface area contributed by atoms with E-state index in [2.05, 4.69) is 22.3 Å². The van der Waals surface area contributed by atoms with Gasteiger partial charge in [0.05, 0.1) is 5.57 Å². The zero-order chi connectivity index (χ0) is 20.4. The number of benzene rings is 2. The van der Waals surface area contributed by atoms with Gasteiger partial charge in [-0.3, -0.25) is 14.5 Å². The second-order valence-corrected chi connectivity index (χ2v) is 7.77. The molecule has 2 aliphatic rings. The summed E-state index contributed by atoms with van der Waals surface area (Å²) in [7, 11) is 0. The molecule has 5 nitrogen and oxygen atoms in total. The van der Waals surface area contributed by atoms with Gasteiger partial charge in [-0.2, -0.15) is 0 Å². The van der Waals surface area contributed by atoms with Crippen LogP contribution in [0.4, 0.5) is 11.4 Å². The van der Waals surface area contributed by atoms with E-state index in [4.69, 9.17) is 11.6 Å². The van der Waals surface area contributed by atoms with E-state index in [0.717, 1.165) is 18.8 Å². The van der Waals surface area contributed by atoms with Gasteiger partial charge in [0, 0.05) is 36.0 Å². The van der Waals surface area contributed by atoms with Gasteiger partial charge in [-0.05, 0) is 68.1 Å². The highest BCUT2D eigenvalue weighted by Crippen LogP contribution is 2.31. The van der Waals surface area contributed by atoms with Crippen LogP contribution in [0.15, 0.2) is 54.2 Å². The molecule has 2 amide bonds. The molecule has 1 N–H and O–H groups in total. The summed E-state index contributed by atoms with van der Waals surface area (Å²) in [5, 5.41) is 3.78. The number of piperidine rings is 1. The zero-order valence-corrected chi connectivity index (χ0v) is 17.2. The van der Waals surface area contributed by atoms with Crippen molar-refractivity contribution in [2.75, 3.05) is 29.9 Å². The minimum absolute atomic E-state index is 0.285. The lowest BCUT2D eigenvalue weighted by molar-refractivity contribution is -0.136. The monoisotopic (exact) mass is 409 g/mol. The van der Waals surface area contributed by atoms with Crippen LogP contribution >= 0.6 is 11.6 Å². The van der Waals surface area contributed by atoms with Crippen LogP contribution in [0.5, 0.6) is 0 Å². The first kappa shape index (κ1) is 19.5. The van der Waals surface area contributed by atoms with Crippen molar-refractivity contribution < 1.29 is 9.59 Å². The molecule has 0 saturated carbocycles. The molecule has 1 saturated heterocycles. The Bertz CT molecular complexity index is 945. The first-order chi connectivity index (χ1) is 14.1. The van der Waals surface area contributed by atoms with Gasteiger partial charge in [-0.25, -0.2) is 0 Å². The molecule has 2 aliphatic heterocycles. The van der Waals surface area contributed by atoms with Crippen LogP contribution in [0.25, 0.3) is 5.57 Å². The van der Waals surface area contributed by atoms with E-state index in [9.17, 15) is 9.59 Å².